The van der Waals surface area contributed by atoms with Crippen molar-refractivity contribution >= 4 is 17.5 Å². The van der Waals surface area contributed by atoms with E-state index < -0.39 is 0 Å². The molecule has 106 valence electrons. The maximum atomic E-state index is 12.2. The maximum Gasteiger partial charge on any atom is 0.261 e. The molecule has 20 heavy (non-hydrogen) atoms. The molecule has 0 spiro atoms. The summed E-state index contributed by atoms with van der Waals surface area (Å²) >= 11 is 0. The van der Waals surface area contributed by atoms with E-state index in [4.69, 9.17) is 10.5 Å². The first-order valence-electron chi connectivity index (χ1n) is 7.00. The zero-order chi connectivity index (χ0) is 14.1. The highest BCUT2D eigenvalue weighted by Gasteiger charge is 2.35. The second-order valence-electron chi connectivity index (χ2n) is 5.44. The van der Waals surface area contributed by atoms with Crippen LogP contribution >= 0.6 is 0 Å². The Balaban J connectivity index is 1.55. The molecule has 1 aromatic carbocycles. The number of fused-ring (bicyclic) bond motifs is 1. The Morgan fingerprint density at radius 1 is 1.20 bits per heavy atom. The predicted molar refractivity (Wildman–Crippen MR) is 74.4 cm³/mol. The fraction of sp³-hybridized carbons (Fsp3) is 0.467. The van der Waals surface area contributed by atoms with Crippen molar-refractivity contribution in [1.82, 2.24) is 4.90 Å². The number of hydrogen-bond acceptors (Lipinski definition) is 4. The molecule has 5 nitrogen and oxygen atoms in total. The number of nitrogen functional groups attached to an aromatic ring is 1. The second-order valence-corrected chi connectivity index (χ2v) is 5.44. The van der Waals surface area contributed by atoms with Crippen LogP contribution in [0.2, 0.25) is 0 Å². The lowest BCUT2D eigenvalue weighted by Gasteiger charge is -2.13. The molecular formula is C15H18N2O3. The molecule has 0 aromatic heterocycles. The minimum atomic E-state index is -0.250. The van der Waals surface area contributed by atoms with Gasteiger partial charge in [0.2, 0.25) is 0 Å². The molecule has 1 aliphatic carbocycles. The van der Waals surface area contributed by atoms with E-state index in [1.807, 2.05) is 0 Å². The number of rotatable bonds is 6. The summed E-state index contributed by atoms with van der Waals surface area (Å²) in [5, 5.41) is 0. The van der Waals surface area contributed by atoms with Gasteiger partial charge in [0, 0.05) is 25.4 Å². The molecule has 2 aliphatic rings. The van der Waals surface area contributed by atoms with Crippen LogP contribution in [0.4, 0.5) is 5.69 Å². The van der Waals surface area contributed by atoms with Gasteiger partial charge in [-0.25, -0.2) is 0 Å². The molecular weight excluding hydrogens is 256 g/mol. The Labute approximate surface area is 117 Å². The lowest BCUT2D eigenvalue weighted by atomic mass is 10.1. The molecule has 1 fully saturated rings. The molecule has 1 aliphatic heterocycles. The first kappa shape index (κ1) is 13.1. The van der Waals surface area contributed by atoms with Gasteiger partial charge in [0.25, 0.3) is 11.8 Å². The topological polar surface area (TPSA) is 72.6 Å². The molecule has 0 radical (unpaired) electrons. The average Bonchev–Trinajstić information content (AvgIpc) is 3.22. The van der Waals surface area contributed by atoms with E-state index in [1.165, 1.54) is 17.7 Å². The van der Waals surface area contributed by atoms with Crippen LogP contribution in [0.3, 0.4) is 0 Å². The van der Waals surface area contributed by atoms with Gasteiger partial charge in [0.15, 0.2) is 0 Å². The SMILES string of the molecule is Nc1ccc2c(c1)C(=O)N(CCCOCC1CC1)C2=O. The number of carbonyl (C=O) groups excluding carboxylic acids is 2. The zero-order valence-corrected chi connectivity index (χ0v) is 11.3. The van der Waals surface area contributed by atoms with Crippen molar-refractivity contribution in [1.29, 1.82) is 0 Å². The van der Waals surface area contributed by atoms with Gasteiger partial charge in [-0.1, -0.05) is 0 Å². The first-order chi connectivity index (χ1) is 9.66. The molecule has 3 rings (SSSR count). The summed E-state index contributed by atoms with van der Waals surface area (Å²) in [6.45, 7) is 1.79. The van der Waals surface area contributed by atoms with Gasteiger partial charge in [-0.05, 0) is 43.4 Å². The summed E-state index contributed by atoms with van der Waals surface area (Å²) in [5.41, 5.74) is 7.01. The number of benzene rings is 1. The molecule has 2 amide bonds. The van der Waals surface area contributed by atoms with Gasteiger partial charge in [0.05, 0.1) is 11.1 Å². The zero-order valence-electron chi connectivity index (χ0n) is 11.3. The Bertz CT molecular complexity index is 552. The highest BCUT2D eigenvalue weighted by Crippen LogP contribution is 2.29. The van der Waals surface area contributed by atoms with E-state index in [0.29, 0.717) is 36.4 Å². The molecule has 0 saturated heterocycles. The van der Waals surface area contributed by atoms with Crippen molar-refractivity contribution in [2.45, 2.75) is 19.3 Å². The fourth-order valence-electron chi connectivity index (χ4n) is 2.37. The number of nitrogens with two attached hydrogens (primary N) is 1. The normalized spacial score (nSPS) is 17.7. The number of imide groups is 1. The second kappa shape index (κ2) is 5.25. The van der Waals surface area contributed by atoms with Crippen LogP contribution in [0, 0.1) is 5.92 Å². The van der Waals surface area contributed by atoms with E-state index in [1.54, 1.807) is 18.2 Å². The predicted octanol–water partition coefficient (Wildman–Crippen LogP) is 1.68. The molecule has 0 atom stereocenters. The highest BCUT2D eigenvalue weighted by atomic mass is 16.5. The number of anilines is 1. The van der Waals surface area contributed by atoms with Gasteiger partial charge < -0.3 is 10.5 Å². The summed E-state index contributed by atoms with van der Waals surface area (Å²) in [7, 11) is 0. The van der Waals surface area contributed by atoms with Crippen LogP contribution in [0.25, 0.3) is 0 Å². The minimum Gasteiger partial charge on any atom is -0.399 e. The van der Waals surface area contributed by atoms with E-state index in [9.17, 15) is 9.59 Å². The number of nitrogens with zero attached hydrogens (tertiary/aromatic N) is 1. The van der Waals surface area contributed by atoms with Crippen molar-refractivity contribution < 1.29 is 14.3 Å². The minimum absolute atomic E-state index is 0.229. The Morgan fingerprint density at radius 2 is 1.95 bits per heavy atom. The Morgan fingerprint density at radius 3 is 2.70 bits per heavy atom. The third-order valence-corrected chi connectivity index (χ3v) is 3.72. The van der Waals surface area contributed by atoms with Gasteiger partial charge in [-0.2, -0.15) is 0 Å². The van der Waals surface area contributed by atoms with E-state index in [2.05, 4.69) is 0 Å². The molecule has 1 heterocycles. The fourth-order valence-corrected chi connectivity index (χ4v) is 2.37. The van der Waals surface area contributed by atoms with Gasteiger partial charge >= 0.3 is 0 Å². The molecule has 2 N–H and O–H groups in total. The quantitative estimate of drug-likeness (QED) is 0.486. The van der Waals surface area contributed by atoms with Gasteiger partial charge in [-0.3, -0.25) is 14.5 Å². The van der Waals surface area contributed by atoms with Crippen molar-refractivity contribution in [2.75, 3.05) is 25.5 Å². The molecule has 5 heteroatoms. The van der Waals surface area contributed by atoms with E-state index in [-0.39, 0.29) is 11.8 Å². The van der Waals surface area contributed by atoms with Crippen LogP contribution in [0.5, 0.6) is 0 Å². The number of ether oxygens (including phenoxy) is 1. The van der Waals surface area contributed by atoms with Crippen LogP contribution in [0.15, 0.2) is 18.2 Å². The van der Waals surface area contributed by atoms with Crippen LogP contribution in [-0.2, 0) is 4.74 Å². The molecule has 0 unspecified atom stereocenters. The van der Waals surface area contributed by atoms with Crippen LogP contribution < -0.4 is 5.73 Å². The monoisotopic (exact) mass is 274 g/mol. The highest BCUT2D eigenvalue weighted by molar-refractivity contribution is 6.21. The summed E-state index contributed by atoms with van der Waals surface area (Å²) < 4.78 is 5.51. The largest absolute Gasteiger partial charge is 0.399 e. The van der Waals surface area contributed by atoms with Crippen molar-refractivity contribution in [3.8, 4) is 0 Å². The van der Waals surface area contributed by atoms with Gasteiger partial charge in [0.1, 0.15) is 0 Å². The van der Waals surface area contributed by atoms with E-state index in [0.717, 1.165) is 12.5 Å². The van der Waals surface area contributed by atoms with E-state index >= 15 is 0 Å². The molecule has 1 aromatic rings. The first-order valence-corrected chi connectivity index (χ1v) is 7.00. The van der Waals surface area contributed by atoms with Crippen molar-refractivity contribution in [2.24, 2.45) is 5.92 Å². The van der Waals surface area contributed by atoms with Crippen molar-refractivity contribution in [3.05, 3.63) is 29.3 Å². The Kier molecular flexibility index (Phi) is 3.44. The number of amides is 2. The lowest BCUT2D eigenvalue weighted by molar-refractivity contribution is 0.0622. The molecule has 0 bridgehead atoms. The van der Waals surface area contributed by atoms with Crippen molar-refractivity contribution in [3.63, 3.8) is 0 Å². The third kappa shape index (κ3) is 2.54. The lowest BCUT2D eigenvalue weighted by Crippen LogP contribution is -2.31. The summed E-state index contributed by atoms with van der Waals surface area (Å²) in [6, 6.07) is 4.83. The third-order valence-electron chi connectivity index (χ3n) is 3.72. The van der Waals surface area contributed by atoms with Crippen LogP contribution in [-0.4, -0.2) is 36.5 Å². The van der Waals surface area contributed by atoms with Crippen LogP contribution in [0.1, 0.15) is 40.0 Å². The summed E-state index contributed by atoms with van der Waals surface area (Å²) in [6.07, 6.45) is 3.20. The van der Waals surface area contributed by atoms with Gasteiger partial charge in [-0.15, -0.1) is 0 Å². The molecule has 1 saturated carbocycles. The Hall–Kier alpha value is -1.88. The summed E-state index contributed by atoms with van der Waals surface area (Å²) in [4.78, 5) is 25.6. The number of hydrogen-bond donors (Lipinski definition) is 1. The average molecular weight is 274 g/mol. The smallest absolute Gasteiger partial charge is 0.261 e. The standard InChI is InChI=1S/C15H18N2O3/c16-11-4-5-12-13(8-11)15(19)17(14(12)18)6-1-7-20-9-10-2-3-10/h4-5,8,10H,1-3,6-7,9,16H2. The maximum absolute atomic E-state index is 12.2. The summed E-state index contributed by atoms with van der Waals surface area (Å²) in [5.74, 6) is 0.254. The number of carbonyl (C=O) groups is 2.